The van der Waals surface area contributed by atoms with Crippen molar-refractivity contribution < 1.29 is 36.0 Å². The summed E-state index contributed by atoms with van der Waals surface area (Å²) in [6.07, 6.45) is 5.44. The van der Waals surface area contributed by atoms with E-state index >= 15 is 0 Å². The second-order valence-corrected chi connectivity index (χ2v) is 10.5. The van der Waals surface area contributed by atoms with Gasteiger partial charge in [-0.25, -0.2) is 4.79 Å². The van der Waals surface area contributed by atoms with E-state index in [1.807, 2.05) is 13.8 Å². The van der Waals surface area contributed by atoms with Crippen LogP contribution in [0, 0.1) is 29.6 Å². The molecule has 6 nitrogen and oxygen atoms in total. The van der Waals surface area contributed by atoms with Gasteiger partial charge in [0, 0.05) is 0 Å². The molecule has 0 aromatic rings. The summed E-state index contributed by atoms with van der Waals surface area (Å²) in [5.74, 6) is 1.40. The lowest BCUT2D eigenvalue weighted by molar-refractivity contribution is -0.222. The normalized spacial score (nSPS) is 34.6. The van der Waals surface area contributed by atoms with Gasteiger partial charge in [0.2, 0.25) is 0 Å². The van der Waals surface area contributed by atoms with Crippen molar-refractivity contribution in [2.75, 3.05) is 13.2 Å². The van der Waals surface area contributed by atoms with E-state index in [-0.39, 0.29) is 11.5 Å². The van der Waals surface area contributed by atoms with E-state index in [1.165, 1.54) is 6.42 Å². The number of ether oxygens (including phenoxy) is 2. The fourth-order valence-electron chi connectivity index (χ4n) is 5.81. The third-order valence-electron chi connectivity index (χ3n) is 6.80. The molecule has 160 valence electrons. The predicted molar refractivity (Wildman–Crippen MR) is 97.2 cm³/mol. The van der Waals surface area contributed by atoms with E-state index in [4.69, 9.17) is 9.29 Å². The average Bonchev–Trinajstić information content (AvgIpc) is 2.55. The van der Waals surface area contributed by atoms with Crippen molar-refractivity contribution in [3.8, 4) is 0 Å². The van der Waals surface area contributed by atoms with Crippen molar-refractivity contribution in [2.24, 2.45) is 29.6 Å². The van der Waals surface area contributed by atoms with Crippen LogP contribution in [0.5, 0.6) is 0 Å². The second kappa shape index (κ2) is 7.32. The van der Waals surface area contributed by atoms with Gasteiger partial charge in [0.25, 0.3) is 0 Å². The largest absolute Gasteiger partial charge is 0.455 e. The molecule has 1 N–H and O–H groups in total. The summed E-state index contributed by atoms with van der Waals surface area (Å²) in [6, 6.07) is 0. The van der Waals surface area contributed by atoms with Gasteiger partial charge in [-0.1, -0.05) is 20.4 Å². The van der Waals surface area contributed by atoms with Crippen molar-refractivity contribution in [2.45, 2.75) is 56.8 Å². The zero-order valence-electron chi connectivity index (χ0n) is 16.2. The summed E-state index contributed by atoms with van der Waals surface area (Å²) in [5.41, 5.74) is -0.730. The predicted octanol–water partition coefficient (Wildman–Crippen LogP) is 3.43. The molecule has 4 bridgehead atoms. The van der Waals surface area contributed by atoms with Crippen LogP contribution in [-0.2, 0) is 24.4 Å². The highest BCUT2D eigenvalue weighted by molar-refractivity contribution is 7.86. The van der Waals surface area contributed by atoms with Crippen LogP contribution in [0.4, 0.5) is 8.78 Å². The number of hydrogen-bond donors (Lipinski definition) is 1. The average molecular weight is 422 g/mol. The Morgan fingerprint density at radius 2 is 1.68 bits per heavy atom. The Labute approximate surface area is 164 Å². The zero-order valence-corrected chi connectivity index (χ0v) is 17.0. The van der Waals surface area contributed by atoms with Crippen LogP contribution in [0.15, 0.2) is 12.2 Å². The lowest BCUT2D eigenvalue weighted by atomic mass is 9.47. The molecule has 28 heavy (non-hydrogen) atoms. The first-order valence-corrected chi connectivity index (χ1v) is 11.1. The smallest absolute Gasteiger partial charge is 0.392 e. The highest BCUT2D eigenvalue weighted by atomic mass is 32.2. The first-order valence-electron chi connectivity index (χ1n) is 9.70. The standard InChI is InChI=1S/C19H28F2O6S/c1-11(2)19(15-5-13-4-14(7-15)8-16(19)6-13)27-17(22)12(3)9-26-10-18(20,21)28(23,24)25/h11,13-16H,3-10H2,1-2H3,(H,23,24,25). The maximum atomic E-state index is 13.2. The van der Waals surface area contributed by atoms with Crippen LogP contribution in [0.1, 0.15) is 46.0 Å². The molecule has 9 heteroatoms. The van der Waals surface area contributed by atoms with E-state index in [9.17, 15) is 22.0 Å². The first kappa shape index (κ1) is 21.6. The van der Waals surface area contributed by atoms with Crippen LogP contribution in [0.25, 0.3) is 0 Å². The third kappa shape index (κ3) is 3.73. The number of halogens is 2. The number of hydrogen-bond acceptors (Lipinski definition) is 5. The summed E-state index contributed by atoms with van der Waals surface area (Å²) >= 11 is 0. The minimum absolute atomic E-state index is 0.115. The highest BCUT2D eigenvalue weighted by Gasteiger charge is 2.60. The van der Waals surface area contributed by atoms with Crippen molar-refractivity contribution in [3.05, 3.63) is 12.2 Å². The minimum atomic E-state index is -5.58. The maximum Gasteiger partial charge on any atom is 0.392 e. The zero-order chi connectivity index (χ0) is 20.9. The molecule has 4 aliphatic rings. The summed E-state index contributed by atoms with van der Waals surface area (Å²) < 4.78 is 66.7. The third-order valence-corrected chi connectivity index (χ3v) is 7.67. The molecule has 0 amide bonds. The van der Waals surface area contributed by atoms with Crippen molar-refractivity contribution >= 4 is 16.1 Å². The molecule has 0 saturated heterocycles. The van der Waals surface area contributed by atoms with E-state index in [0.29, 0.717) is 23.7 Å². The number of esters is 1. The SMILES string of the molecule is C=C(COCC(F)(F)S(=O)(=O)O)C(=O)OC1(C(C)C)C2CC3CC(C2)CC1C3. The monoisotopic (exact) mass is 422 g/mol. The van der Waals surface area contributed by atoms with Crippen molar-refractivity contribution in [3.63, 3.8) is 0 Å². The van der Waals surface area contributed by atoms with Crippen LogP contribution in [0.3, 0.4) is 0 Å². The Balaban J connectivity index is 1.63. The van der Waals surface area contributed by atoms with Gasteiger partial charge in [-0.2, -0.15) is 17.2 Å². The summed E-state index contributed by atoms with van der Waals surface area (Å²) in [5, 5.41) is -4.45. The van der Waals surface area contributed by atoms with Gasteiger partial charge < -0.3 is 9.47 Å². The highest BCUT2D eigenvalue weighted by Crippen LogP contribution is 2.61. The summed E-state index contributed by atoms with van der Waals surface area (Å²) in [7, 11) is -5.58. The molecule has 0 aromatic heterocycles. The van der Waals surface area contributed by atoms with E-state index < -0.39 is 40.2 Å². The summed E-state index contributed by atoms with van der Waals surface area (Å²) in [4.78, 5) is 12.6. The quantitative estimate of drug-likeness (QED) is 0.366. The molecular formula is C19H28F2O6S. The molecule has 0 unspecified atom stereocenters. The number of rotatable bonds is 8. The van der Waals surface area contributed by atoms with E-state index in [2.05, 4.69) is 11.3 Å². The van der Waals surface area contributed by atoms with E-state index in [1.54, 1.807) is 0 Å². The van der Waals surface area contributed by atoms with Gasteiger partial charge in [0.05, 0.1) is 12.2 Å². The Morgan fingerprint density at radius 3 is 2.11 bits per heavy atom. The number of alkyl halides is 2. The molecule has 0 aliphatic heterocycles. The molecule has 0 radical (unpaired) electrons. The Hall–Kier alpha value is -1.06. The molecule has 0 atom stereocenters. The molecule has 0 aromatic carbocycles. The van der Waals surface area contributed by atoms with Crippen LogP contribution >= 0.6 is 0 Å². The van der Waals surface area contributed by atoms with Gasteiger partial charge in [-0.05, 0) is 61.7 Å². The lowest BCUT2D eigenvalue weighted by Gasteiger charge is -2.61. The summed E-state index contributed by atoms with van der Waals surface area (Å²) in [6.45, 7) is 5.47. The van der Waals surface area contributed by atoms with Gasteiger partial charge >= 0.3 is 21.3 Å². The second-order valence-electron chi connectivity index (χ2n) is 8.91. The molecule has 0 spiro atoms. The van der Waals surface area contributed by atoms with Gasteiger partial charge in [-0.3, -0.25) is 4.55 Å². The fourth-order valence-corrected chi connectivity index (χ4v) is 6.04. The maximum absolute atomic E-state index is 13.2. The Bertz CT molecular complexity index is 718. The lowest BCUT2D eigenvalue weighted by Crippen LogP contribution is -2.62. The van der Waals surface area contributed by atoms with Crippen LogP contribution in [0.2, 0.25) is 0 Å². The molecule has 4 rings (SSSR count). The van der Waals surface area contributed by atoms with Crippen LogP contribution < -0.4 is 0 Å². The molecular weight excluding hydrogens is 394 g/mol. The Kier molecular flexibility index (Phi) is 5.66. The van der Waals surface area contributed by atoms with Gasteiger partial charge in [0.1, 0.15) is 12.2 Å². The fraction of sp³-hybridized carbons (Fsp3) is 0.842. The topological polar surface area (TPSA) is 89.9 Å². The molecule has 0 heterocycles. The van der Waals surface area contributed by atoms with Gasteiger partial charge in [0.15, 0.2) is 0 Å². The number of carbonyl (C=O) groups excluding carboxylic acids is 1. The molecule has 4 saturated carbocycles. The Morgan fingerprint density at radius 1 is 1.18 bits per heavy atom. The van der Waals surface area contributed by atoms with Crippen molar-refractivity contribution in [1.82, 2.24) is 0 Å². The molecule has 4 fully saturated rings. The van der Waals surface area contributed by atoms with Crippen molar-refractivity contribution in [1.29, 1.82) is 0 Å². The van der Waals surface area contributed by atoms with E-state index in [0.717, 1.165) is 25.7 Å². The first-order chi connectivity index (χ1) is 12.9. The number of carbonyl (C=O) groups is 1. The minimum Gasteiger partial charge on any atom is -0.455 e. The molecule has 4 aliphatic carbocycles. The van der Waals surface area contributed by atoms with Crippen LogP contribution in [-0.4, -0.2) is 43.0 Å². The van der Waals surface area contributed by atoms with Gasteiger partial charge in [-0.15, -0.1) is 0 Å².